The molecule has 138 valence electrons. The zero-order valence-electron chi connectivity index (χ0n) is 16.0. The third-order valence-corrected chi connectivity index (χ3v) is 6.42. The molecule has 0 spiro atoms. The number of quaternary nitrogens is 1. The lowest BCUT2D eigenvalue weighted by Gasteiger charge is -2.42. The maximum Gasteiger partial charge on any atom is 0.175 e. The van der Waals surface area contributed by atoms with Crippen LogP contribution in [0.3, 0.4) is 0 Å². The van der Waals surface area contributed by atoms with Gasteiger partial charge in [0.1, 0.15) is 5.75 Å². The van der Waals surface area contributed by atoms with E-state index in [0.717, 1.165) is 42.0 Å². The maximum absolute atomic E-state index is 5.21. The number of nitrogens with zero attached hydrogens (tertiary/aromatic N) is 1. The normalized spacial score (nSPS) is 28.8. The zero-order chi connectivity index (χ0) is 17.9. The van der Waals surface area contributed by atoms with E-state index in [9.17, 15) is 0 Å². The summed E-state index contributed by atoms with van der Waals surface area (Å²) >= 11 is 1.80. The average Bonchev–Trinajstić information content (AvgIpc) is 2.59. The van der Waals surface area contributed by atoms with Crippen LogP contribution >= 0.6 is 11.8 Å². The van der Waals surface area contributed by atoms with Crippen molar-refractivity contribution in [2.24, 2.45) is 16.3 Å². The van der Waals surface area contributed by atoms with Crippen LogP contribution in [0.5, 0.6) is 5.75 Å². The molecular weight excluding hydrogens is 330 g/mol. The summed E-state index contributed by atoms with van der Waals surface area (Å²) in [6.07, 6.45) is 4.01. The van der Waals surface area contributed by atoms with E-state index in [1.807, 2.05) is 12.1 Å². The highest BCUT2D eigenvalue weighted by Crippen LogP contribution is 2.37. The van der Waals surface area contributed by atoms with Crippen LogP contribution in [0.2, 0.25) is 0 Å². The highest BCUT2D eigenvalue weighted by molar-refractivity contribution is 8.13. The molecule has 0 amide bonds. The molecule has 3 rings (SSSR count). The van der Waals surface area contributed by atoms with Crippen LogP contribution in [-0.4, -0.2) is 31.7 Å². The monoisotopic (exact) mass is 362 g/mol. The fourth-order valence-electron chi connectivity index (χ4n) is 4.37. The Hall–Kier alpha value is -1.20. The highest BCUT2D eigenvalue weighted by Gasteiger charge is 2.37. The lowest BCUT2D eigenvalue weighted by atomic mass is 9.70. The number of methoxy groups -OCH3 is 1. The van der Waals surface area contributed by atoms with Crippen molar-refractivity contribution in [1.82, 2.24) is 5.32 Å². The van der Waals surface area contributed by atoms with Gasteiger partial charge in [-0.3, -0.25) is 4.90 Å². The van der Waals surface area contributed by atoms with Gasteiger partial charge < -0.3 is 10.1 Å². The number of thioether (sulfide) groups is 1. The Morgan fingerprint density at radius 1 is 1.28 bits per heavy atom. The lowest BCUT2D eigenvalue weighted by Crippen LogP contribution is -3.18. The number of ether oxygens (including phenoxy) is 1. The van der Waals surface area contributed by atoms with Gasteiger partial charge in [0.15, 0.2) is 18.5 Å². The minimum atomic E-state index is 0.475. The first kappa shape index (κ1) is 18.6. The first-order valence-electron chi connectivity index (χ1n) is 9.34. The molecule has 2 aliphatic rings. The van der Waals surface area contributed by atoms with Crippen molar-refractivity contribution in [2.75, 3.05) is 20.4 Å². The molecule has 1 aromatic carbocycles. The number of rotatable bonds is 4. The van der Waals surface area contributed by atoms with Crippen LogP contribution in [0.15, 0.2) is 29.3 Å². The van der Waals surface area contributed by atoms with E-state index >= 15 is 0 Å². The molecule has 0 bridgehead atoms. The van der Waals surface area contributed by atoms with E-state index in [4.69, 9.17) is 9.73 Å². The second-order valence-corrected chi connectivity index (χ2v) is 9.34. The second-order valence-electron chi connectivity index (χ2n) is 8.38. The molecular formula is C20H32N3OS+. The quantitative estimate of drug-likeness (QED) is 0.865. The number of amidine groups is 1. The zero-order valence-corrected chi connectivity index (χ0v) is 16.8. The summed E-state index contributed by atoms with van der Waals surface area (Å²) < 4.78 is 5.21. The van der Waals surface area contributed by atoms with Crippen LogP contribution in [0.25, 0.3) is 0 Å². The summed E-state index contributed by atoms with van der Waals surface area (Å²) in [4.78, 5) is 6.42. The van der Waals surface area contributed by atoms with Crippen molar-refractivity contribution in [3.8, 4) is 5.75 Å². The van der Waals surface area contributed by atoms with Gasteiger partial charge in [-0.2, -0.15) is 0 Å². The summed E-state index contributed by atoms with van der Waals surface area (Å²) in [5.41, 5.74) is 1.77. The topological polar surface area (TPSA) is 38.1 Å². The van der Waals surface area contributed by atoms with Gasteiger partial charge in [-0.05, 0) is 35.4 Å². The van der Waals surface area contributed by atoms with E-state index in [1.54, 1.807) is 23.8 Å². The lowest BCUT2D eigenvalue weighted by molar-refractivity contribution is -0.930. The fraction of sp³-hybridized carbons (Fsp3) is 0.650. The van der Waals surface area contributed by atoms with Gasteiger partial charge in [0.25, 0.3) is 0 Å². The molecule has 1 unspecified atom stereocenters. The predicted molar refractivity (Wildman–Crippen MR) is 106 cm³/mol. The summed E-state index contributed by atoms with van der Waals surface area (Å²) in [5.74, 6) is 2.68. The molecule has 25 heavy (non-hydrogen) atoms. The molecule has 4 nitrogen and oxygen atoms in total. The highest BCUT2D eigenvalue weighted by atomic mass is 32.2. The second kappa shape index (κ2) is 8.00. The van der Waals surface area contributed by atoms with E-state index in [0.29, 0.717) is 5.41 Å². The maximum atomic E-state index is 5.21. The first-order valence-corrected chi connectivity index (χ1v) is 10.3. The van der Waals surface area contributed by atoms with Crippen LogP contribution in [-0.2, 0) is 5.75 Å². The summed E-state index contributed by atoms with van der Waals surface area (Å²) in [5, 5.41) is 4.64. The number of benzene rings is 1. The van der Waals surface area contributed by atoms with Crippen LogP contribution in [0.1, 0.15) is 45.6 Å². The Morgan fingerprint density at radius 2 is 2.04 bits per heavy atom. The number of nitrogens with one attached hydrogen (secondary N) is 2. The van der Waals surface area contributed by atoms with Crippen molar-refractivity contribution in [3.63, 3.8) is 0 Å². The molecule has 0 radical (unpaired) electrons. The molecule has 3 atom stereocenters. The summed E-state index contributed by atoms with van der Waals surface area (Å²) in [6, 6.07) is 9.02. The van der Waals surface area contributed by atoms with Gasteiger partial charge >= 0.3 is 0 Å². The van der Waals surface area contributed by atoms with E-state index in [2.05, 4.69) is 38.2 Å². The molecule has 1 fully saturated rings. The van der Waals surface area contributed by atoms with E-state index in [1.165, 1.54) is 24.8 Å². The molecule has 0 saturated heterocycles. The molecule has 1 aliphatic carbocycles. The Labute approximate surface area is 156 Å². The molecule has 1 heterocycles. The summed E-state index contributed by atoms with van der Waals surface area (Å²) in [6.45, 7) is 9.16. The Kier molecular flexibility index (Phi) is 5.95. The first-order chi connectivity index (χ1) is 11.9. The molecule has 0 aromatic heterocycles. The SMILES string of the molecule is COc1ccc(CSC2=NC[NH+]([C@H]3C[C@H](C)CC(C)(C)C3)CN2)cc1. The Morgan fingerprint density at radius 3 is 2.64 bits per heavy atom. The minimum absolute atomic E-state index is 0.475. The molecule has 1 saturated carbocycles. The minimum Gasteiger partial charge on any atom is -0.497 e. The third kappa shape index (κ3) is 5.14. The van der Waals surface area contributed by atoms with E-state index < -0.39 is 0 Å². The number of hydrogen-bond donors (Lipinski definition) is 2. The molecule has 2 N–H and O–H groups in total. The fourth-order valence-corrected chi connectivity index (χ4v) is 5.20. The number of aliphatic imine (C=N–C) groups is 1. The Bertz CT molecular complexity index is 599. The van der Waals surface area contributed by atoms with Crippen molar-refractivity contribution in [1.29, 1.82) is 0 Å². The summed E-state index contributed by atoms with van der Waals surface area (Å²) in [7, 11) is 1.70. The average molecular weight is 363 g/mol. The predicted octanol–water partition coefficient (Wildman–Crippen LogP) is 2.90. The van der Waals surface area contributed by atoms with Gasteiger partial charge in [0, 0.05) is 18.6 Å². The van der Waals surface area contributed by atoms with Crippen molar-refractivity contribution < 1.29 is 9.64 Å². The van der Waals surface area contributed by atoms with Crippen LogP contribution < -0.4 is 15.0 Å². The molecule has 5 heteroatoms. The van der Waals surface area contributed by atoms with Gasteiger partial charge in [-0.25, -0.2) is 4.99 Å². The molecule has 1 aromatic rings. The standard InChI is InChI=1S/C20H31N3OS/c1-15-9-17(11-20(2,3)10-15)23-13-21-19(22-14-23)25-12-16-5-7-18(24-4)8-6-16/h5-8,15,17H,9-14H2,1-4H3,(H,21,22)/p+1/t15-,17-/m0/s1. The third-order valence-electron chi connectivity index (χ3n) is 5.39. The van der Waals surface area contributed by atoms with Crippen molar-refractivity contribution >= 4 is 16.9 Å². The van der Waals surface area contributed by atoms with Crippen molar-refractivity contribution in [3.05, 3.63) is 29.8 Å². The van der Waals surface area contributed by atoms with Gasteiger partial charge in [0.2, 0.25) is 0 Å². The number of hydrogen-bond acceptors (Lipinski definition) is 4. The van der Waals surface area contributed by atoms with Crippen LogP contribution in [0, 0.1) is 11.3 Å². The van der Waals surface area contributed by atoms with E-state index in [-0.39, 0.29) is 0 Å². The van der Waals surface area contributed by atoms with Gasteiger partial charge in [0.05, 0.1) is 13.2 Å². The van der Waals surface area contributed by atoms with Gasteiger partial charge in [-0.1, -0.05) is 44.7 Å². The van der Waals surface area contributed by atoms with Gasteiger partial charge in [-0.15, -0.1) is 0 Å². The van der Waals surface area contributed by atoms with Crippen LogP contribution in [0.4, 0.5) is 0 Å². The Balaban J connectivity index is 1.50. The largest absolute Gasteiger partial charge is 0.497 e. The smallest absolute Gasteiger partial charge is 0.175 e. The van der Waals surface area contributed by atoms with Crippen molar-refractivity contribution in [2.45, 2.75) is 51.8 Å². The molecule has 1 aliphatic heterocycles.